The first-order valence-corrected chi connectivity index (χ1v) is 14.7. The van der Waals surface area contributed by atoms with E-state index >= 15 is 0 Å². The number of rotatable bonds is 5. The third-order valence-corrected chi connectivity index (χ3v) is 8.11. The topological polar surface area (TPSA) is 63.3 Å². The van der Waals surface area contributed by atoms with Gasteiger partial charge in [0.2, 0.25) is 0 Å². The summed E-state index contributed by atoms with van der Waals surface area (Å²) in [4.78, 5) is 16.4. The van der Waals surface area contributed by atoms with E-state index in [0.717, 1.165) is 38.7 Å². The molecule has 0 aliphatic rings. The van der Waals surface area contributed by atoms with Crippen molar-refractivity contribution >= 4 is 49.3 Å². The molecule has 6 rings (SSSR count). The molecule has 217 valence electrons. The maximum atomic E-state index is 10.0. The number of benzene rings is 3. The predicted octanol–water partition coefficient (Wildman–Crippen LogP) is 10.6. The van der Waals surface area contributed by atoms with Crippen LogP contribution >= 0.6 is 11.3 Å². The van der Waals surface area contributed by atoms with Crippen LogP contribution in [0.15, 0.2) is 89.0 Å². The van der Waals surface area contributed by atoms with Crippen molar-refractivity contribution in [3.05, 3.63) is 102 Å². The molecule has 42 heavy (non-hydrogen) atoms. The summed E-state index contributed by atoms with van der Waals surface area (Å²) in [5.41, 5.74) is 8.74. The van der Waals surface area contributed by atoms with Crippen LogP contribution in [-0.2, 0) is 24.9 Å². The van der Waals surface area contributed by atoms with Crippen molar-refractivity contribution in [3.8, 4) is 21.7 Å². The number of nitrogens with zero attached hydrogens (tertiary/aromatic N) is 1. The Bertz CT molecular complexity index is 1880. The maximum absolute atomic E-state index is 10.0. The van der Waals surface area contributed by atoms with Crippen LogP contribution in [0.1, 0.15) is 64.5 Å². The summed E-state index contributed by atoms with van der Waals surface area (Å²) < 4.78 is 7.44. The average Bonchev–Trinajstić information content (AvgIpc) is 3.53. The first-order valence-electron chi connectivity index (χ1n) is 13.9. The second-order valence-electron chi connectivity index (χ2n) is 10.9. The van der Waals surface area contributed by atoms with Crippen molar-refractivity contribution in [2.45, 2.75) is 53.4 Å². The van der Waals surface area contributed by atoms with Crippen LogP contribution in [0.4, 0.5) is 0 Å². The monoisotopic (exact) mass is 753 g/mol. The zero-order valence-electron chi connectivity index (χ0n) is 24.6. The SMILES string of the molecule is CC(=O)/C=C(/C)O.CC(C)c1cccc(C(C)C)c1-c1cc2nc(-c3[c-]ccc4c3oc3ccccc34)ccc2s1.[Ir]. The fourth-order valence-electron chi connectivity index (χ4n) is 5.20. The van der Waals surface area contributed by atoms with Gasteiger partial charge >= 0.3 is 0 Å². The van der Waals surface area contributed by atoms with E-state index in [1.807, 2.05) is 35.6 Å². The molecular formula is C36H34IrNO3S-. The van der Waals surface area contributed by atoms with E-state index in [2.05, 4.69) is 82.3 Å². The molecule has 0 saturated carbocycles. The van der Waals surface area contributed by atoms with Gasteiger partial charge in [0.25, 0.3) is 0 Å². The maximum Gasteiger partial charge on any atom is 0.155 e. The summed E-state index contributed by atoms with van der Waals surface area (Å²) in [6, 6.07) is 28.9. The number of hydrogen-bond donors (Lipinski definition) is 1. The summed E-state index contributed by atoms with van der Waals surface area (Å²) in [7, 11) is 0. The zero-order valence-corrected chi connectivity index (χ0v) is 27.8. The van der Waals surface area contributed by atoms with Crippen LogP contribution < -0.4 is 0 Å². The Kier molecular flexibility index (Phi) is 9.83. The first kappa shape index (κ1) is 31.4. The van der Waals surface area contributed by atoms with E-state index in [4.69, 9.17) is 14.5 Å². The third-order valence-electron chi connectivity index (χ3n) is 7.00. The number of aliphatic hydroxyl groups is 1. The van der Waals surface area contributed by atoms with Gasteiger partial charge in [-0.15, -0.1) is 29.5 Å². The molecule has 0 aliphatic heterocycles. The van der Waals surface area contributed by atoms with E-state index < -0.39 is 0 Å². The average molecular weight is 753 g/mol. The van der Waals surface area contributed by atoms with Crippen LogP contribution in [-0.4, -0.2) is 15.9 Å². The minimum Gasteiger partial charge on any atom is -0.512 e. The smallest absolute Gasteiger partial charge is 0.155 e. The number of carbonyl (C=O) groups is 1. The minimum absolute atomic E-state index is 0. The number of hydrogen-bond acceptors (Lipinski definition) is 5. The molecule has 0 atom stereocenters. The number of para-hydroxylation sites is 1. The summed E-state index contributed by atoms with van der Waals surface area (Å²) in [6.07, 6.45) is 1.17. The summed E-state index contributed by atoms with van der Waals surface area (Å²) in [6.45, 7) is 11.9. The van der Waals surface area contributed by atoms with Gasteiger partial charge in [-0.1, -0.05) is 81.1 Å². The number of thiophene rings is 1. The molecule has 1 N–H and O–H groups in total. The number of allylic oxidation sites excluding steroid dienone is 2. The molecule has 0 fully saturated rings. The second-order valence-corrected chi connectivity index (χ2v) is 12.0. The van der Waals surface area contributed by atoms with Crippen LogP contribution in [0.2, 0.25) is 0 Å². The van der Waals surface area contributed by atoms with Crippen molar-refractivity contribution in [1.82, 2.24) is 4.98 Å². The Balaban J connectivity index is 0.000000454. The van der Waals surface area contributed by atoms with Crippen LogP contribution in [0.5, 0.6) is 0 Å². The normalized spacial score (nSPS) is 11.7. The molecule has 6 heteroatoms. The Morgan fingerprint density at radius 3 is 2.24 bits per heavy atom. The molecule has 1 radical (unpaired) electrons. The van der Waals surface area contributed by atoms with Gasteiger partial charge in [0.05, 0.1) is 21.6 Å². The van der Waals surface area contributed by atoms with Gasteiger partial charge in [-0.3, -0.25) is 9.78 Å². The third kappa shape index (κ3) is 6.41. The summed E-state index contributed by atoms with van der Waals surface area (Å²) in [5, 5.41) is 10.6. The summed E-state index contributed by atoms with van der Waals surface area (Å²) >= 11 is 1.83. The van der Waals surface area contributed by atoms with Crippen molar-refractivity contribution in [3.63, 3.8) is 0 Å². The molecule has 0 aliphatic carbocycles. The number of aliphatic hydroxyl groups excluding tert-OH is 1. The van der Waals surface area contributed by atoms with Crippen molar-refractivity contribution < 1.29 is 34.4 Å². The Labute approximate surface area is 264 Å². The van der Waals surface area contributed by atoms with Gasteiger partial charge in [0.1, 0.15) is 5.58 Å². The van der Waals surface area contributed by atoms with Gasteiger partial charge in [-0.25, -0.2) is 0 Å². The largest absolute Gasteiger partial charge is 0.512 e. The van der Waals surface area contributed by atoms with E-state index in [0.29, 0.717) is 11.8 Å². The van der Waals surface area contributed by atoms with Gasteiger partial charge in [-0.2, -0.15) is 0 Å². The number of furan rings is 1. The number of ketones is 1. The Hall–Kier alpha value is -3.57. The predicted molar refractivity (Wildman–Crippen MR) is 172 cm³/mol. The first-order chi connectivity index (χ1) is 19.6. The summed E-state index contributed by atoms with van der Waals surface area (Å²) in [5.74, 6) is 0.859. The zero-order chi connectivity index (χ0) is 29.3. The standard InChI is InChI=1S/C31H26NOS.C5H8O2.Ir/c1-18(2)20-10-7-11-21(19(3)4)30(20)29-17-26-28(34-29)16-15-25(32-26)24-13-8-12-23-22-9-5-6-14-27(22)33-31(23)24;1-4(6)3-5(2)7;/h5-12,14-19H,1-4H3;3,6H,1-2H3;/q-1;;/b;4-3-;. The van der Waals surface area contributed by atoms with E-state index in [1.54, 1.807) is 0 Å². The number of carbonyl (C=O) groups excluding carboxylic acids is 1. The van der Waals surface area contributed by atoms with Gasteiger partial charge in [-0.05, 0) is 66.3 Å². The molecule has 3 heterocycles. The Morgan fingerprint density at radius 1 is 0.929 bits per heavy atom. The molecule has 3 aromatic heterocycles. The van der Waals surface area contributed by atoms with E-state index in [-0.39, 0.29) is 31.6 Å². The van der Waals surface area contributed by atoms with Gasteiger partial charge in [0.15, 0.2) is 5.78 Å². The number of pyridine rings is 1. The molecule has 0 unspecified atom stereocenters. The molecule has 6 aromatic rings. The Morgan fingerprint density at radius 2 is 1.62 bits per heavy atom. The second kappa shape index (κ2) is 13.2. The molecular weight excluding hydrogens is 719 g/mol. The molecule has 3 aromatic carbocycles. The van der Waals surface area contributed by atoms with Crippen molar-refractivity contribution in [2.24, 2.45) is 0 Å². The van der Waals surface area contributed by atoms with Crippen LogP contribution in [0.3, 0.4) is 0 Å². The van der Waals surface area contributed by atoms with Gasteiger partial charge in [0, 0.05) is 36.4 Å². The van der Waals surface area contributed by atoms with Gasteiger partial charge < -0.3 is 9.52 Å². The fraction of sp³-hybridized carbons (Fsp3) is 0.222. The molecule has 4 nitrogen and oxygen atoms in total. The number of aromatic nitrogens is 1. The van der Waals surface area contributed by atoms with E-state index in [1.165, 1.54) is 46.2 Å². The minimum atomic E-state index is -0.125. The number of fused-ring (bicyclic) bond motifs is 4. The molecule has 0 spiro atoms. The fourth-order valence-corrected chi connectivity index (χ4v) is 6.29. The van der Waals surface area contributed by atoms with Crippen molar-refractivity contribution in [2.75, 3.05) is 0 Å². The van der Waals surface area contributed by atoms with E-state index in [9.17, 15) is 4.79 Å². The quantitative estimate of drug-likeness (QED) is 0.108. The molecule has 0 bridgehead atoms. The van der Waals surface area contributed by atoms with Crippen LogP contribution in [0, 0.1) is 6.07 Å². The molecule has 0 amide bonds. The molecule has 0 saturated heterocycles. The van der Waals surface area contributed by atoms with Crippen LogP contribution in [0.25, 0.3) is 53.9 Å². The van der Waals surface area contributed by atoms with Crippen molar-refractivity contribution in [1.29, 1.82) is 0 Å².